The first-order valence-corrected chi connectivity index (χ1v) is 13.3. The van der Waals surface area contributed by atoms with Crippen LogP contribution in [0.5, 0.6) is 0 Å². The van der Waals surface area contributed by atoms with E-state index in [1.807, 2.05) is 53.4 Å². The number of sulfonamides is 1. The molecule has 0 aromatic heterocycles. The Labute approximate surface area is 204 Å². The van der Waals surface area contributed by atoms with Gasteiger partial charge in [0.15, 0.2) is 0 Å². The maximum Gasteiger partial charge on any atom is 0.264 e. The SMILES string of the molecule is Nc1ccc([C@H]2C[C@]23C(=O)N(Cc2ccc(C(=O)NS(=O)(=O)C4CC4)cc2)c2ccccc23)cc1. The average molecular weight is 488 g/mol. The van der Waals surface area contributed by atoms with Gasteiger partial charge in [0.05, 0.1) is 17.2 Å². The van der Waals surface area contributed by atoms with Gasteiger partial charge < -0.3 is 10.6 Å². The monoisotopic (exact) mass is 487 g/mol. The number of amides is 2. The van der Waals surface area contributed by atoms with Gasteiger partial charge in [0, 0.05) is 22.9 Å². The predicted molar refractivity (Wildman–Crippen MR) is 133 cm³/mol. The van der Waals surface area contributed by atoms with Crippen LogP contribution >= 0.6 is 0 Å². The molecule has 0 radical (unpaired) electrons. The Morgan fingerprint density at radius 3 is 2.37 bits per heavy atom. The fourth-order valence-electron chi connectivity index (χ4n) is 5.23. The number of hydrogen-bond acceptors (Lipinski definition) is 5. The number of rotatable bonds is 6. The van der Waals surface area contributed by atoms with Crippen LogP contribution in [0.1, 0.15) is 52.2 Å². The number of nitrogens with zero attached hydrogens (tertiary/aromatic N) is 1. The summed E-state index contributed by atoms with van der Waals surface area (Å²) in [5, 5.41) is -0.459. The zero-order valence-corrected chi connectivity index (χ0v) is 19.8. The van der Waals surface area contributed by atoms with Gasteiger partial charge in [-0.3, -0.25) is 9.59 Å². The highest BCUT2D eigenvalue weighted by Crippen LogP contribution is 2.66. The number of fused-ring (bicyclic) bond motifs is 2. The minimum atomic E-state index is -3.60. The summed E-state index contributed by atoms with van der Waals surface area (Å²) >= 11 is 0. The molecule has 6 rings (SSSR count). The molecule has 0 saturated heterocycles. The highest BCUT2D eigenvalue weighted by atomic mass is 32.2. The number of anilines is 2. The second-order valence-electron chi connectivity index (χ2n) is 9.68. The molecular formula is C27H25N3O4S. The van der Waals surface area contributed by atoms with E-state index in [1.54, 1.807) is 24.3 Å². The molecule has 35 heavy (non-hydrogen) atoms. The van der Waals surface area contributed by atoms with E-state index < -0.39 is 26.6 Å². The molecule has 1 spiro atoms. The minimum Gasteiger partial charge on any atom is -0.399 e. The Morgan fingerprint density at radius 1 is 1.00 bits per heavy atom. The molecule has 8 heteroatoms. The van der Waals surface area contributed by atoms with E-state index in [-0.39, 0.29) is 17.4 Å². The molecule has 1 heterocycles. The molecule has 1 aliphatic heterocycles. The number of carbonyl (C=O) groups excluding carboxylic acids is 2. The molecule has 2 aliphatic carbocycles. The second-order valence-corrected chi connectivity index (χ2v) is 11.6. The molecule has 2 fully saturated rings. The number of nitrogen functional groups attached to an aromatic ring is 1. The Hall–Kier alpha value is -3.65. The number of para-hydroxylation sites is 1. The highest BCUT2D eigenvalue weighted by Gasteiger charge is 2.67. The quantitative estimate of drug-likeness (QED) is 0.518. The van der Waals surface area contributed by atoms with Gasteiger partial charge in [0.1, 0.15) is 0 Å². The molecule has 2 atom stereocenters. The van der Waals surface area contributed by atoms with E-state index in [9.17, 15) is 18.0 Å². The van der Waals surface area contributed by atoms with Crippen LogP contribution in [-0.2, 0) is 26.8 Å². The maximum absolute atomic E-state index is 13.8. The largest absolute Gasteiger partial charge is 0.399 e. The van der Waals surface area contributed by atoms with E-state index in [2.05, 4.69) is 4.72 Å². The Bertz CT molecular complexity index is 1450. The van der Waals surface area contributed by atoms with E-state index in [4.69, 9.17) is 5.73 Å². The number of nitrogens with one attached hydrogen (secondary N) is 1. The average Bonchev–Trinajstić information content (AvgIpc) is 3.76. The van der Waals surface area contributed by atoms with E-state index in [1.165, 1.54) is 0 Å². The first-order chi connectivity index (χ1) is 16.8. The van der Waals surface area contributed by atoms with Crippen LogP contribution in [0.15, 0.2) is 72.8 Å². The first kappa shape index (κ1) is 21.9. The summed E-state index contributed by atoms with van der Waals surface area (Å²) < 4.78 is 26.3. The van der Waals surface area contributed by atoms with Crippen molar-refractivity contribution in [2.75, 3.05) is 10.6 Å². The number of nitrogens with two attached hydrogens (primary N) is 1. The lowest BCUT2D eigenvalue weighted by atomic mass is 9.92. The van der Waals surface area contributed by atoms with Gasteiger partial charge >= 0.3 is 0 Å². The molecule has 0 unspecified atom stereocenters. The fraction of sp³-hybridized carbons (Fsp3) is 0.259. The minimum absolute atomic E-state index is 0.0814. The van der Waals surface area contributed by atoms with Gasteiger partial charge in [-0.1, -0.05) is 42.5 Å². The van der Waals surface area contributed by atoms with Crippen molar-refractivity contribution in [3.05, 3.63) is 95.1 Å². The van der Waals surface area contributed by atoms with Gasteiger partial charge in [0.25, 0.3) is 5.91 Å². The molecule has 2 amide bonds. The van der Waals surface area contributed by atoms with Gasteiger partial charge in [-0.05, 0) is 66.3 Å². The van der Waals surface area contributed by atoms with Crippen molar-refractivity contribution in [3.63, 3.8) is 0 Å². The molecule has 3 aromatic carbocycles. The Balaban J connectivity index is 1.23. The van der Waals surface area contributed by atoms with Crippen LogP contribution in [0, 0.1) is 0 Å². The summed E-state index contributed by atoms with van der Waals surface area (Å²) in [7, 11) is -3.60. The normalized spacial score (nSPS) is 22.8. The lowest BCUT2D eigenvalue weighted by Gasteiger charge is -2.19. The molecule has 3 aromatic rings. The summed E-state index contributed by atoms with van der Waals surface area (Å²) in [6, 6.07) is 22.4. The van der Waals surface area contributed by atoms with Crippen molar-refractivity contribution in [2.24, 2.45) is 0 Å². The van der Waals surface area contributed by atoms with Crippen LogP contribution < -0.4 is 15.4 Å². The van der Waals surface area contributed by atoms with Gasteiger partial charge in [0.2, 0.25) is 15.9 Å². The third-order valence-electron chi connectivity index (χ3n) is 7.36. The second kappa shape index (κ2) is 7.68. The van der Waals surface area contributed by atoms with Crippen molar-refractivity contribution >= 4 is 33.2 Å². The molecule has 3 N–H and O–H groups in total. The topological polar surface area (TPSA) is 110 Å². The Morgan fingerprint density at radius 2 is 1.69 bits per heavy atom. The lowest BCUT2D eigenvalue weighted by molar-refractivity contribution is -0.120. The molecule has 2 saturated carbocycles. The molecule has 7 nitrogen and oxygen atoms in total. The lowest BCUT2D eigenvalue weighted by Crippen LogP contribution is -2.33. The molecule has 3 aliphatic rings. The van der Waals surface area contributed by atoms with Crippen LogP contribution in [-0.4, -0.2) is 25.5 Å². The third-order valence-corrected chi connectivity index (χ3v) is 9.18. The molecular weight excluding hydrogens is 462 g/mol. The van der Waals surface area contributed by atoms with Gasteiger partial charge in [-0.15, -0.1) is 0 Å². The standard InChI is InChI=1S/C27H25N3O4S/c28-20-11-9-18(10-12-20)23-15-27(23)22-3-1-2-4-24(22)30(26(27)32)16-17-5-7-19(8-6-17)25(31)29-35(33,34)21-13-14-21/h1-12,21,23H,13-16,28H2,(H,29,31)/t23-,27-/m1/s1. The third kappa shape index (κ3) is 3.60. The van der Waals surface area contributed by atoms with E-state index in [0.29, 0.717) is 25.1 Å². The highest BCUT2D eigenvalue weighted by molar-refractivity contribution is 7.91. The summed E-state index contributed by atoms with van der Waals surface area (Å²) in [5.74, 6) is -0.437. The van der Waals surface area contributed by atoms with Gasteiger partial charge in [-0.25, -0.2) is 13.1 Å². The fourth-order valence-corrected chi connectivity index (χ4v) is 6.53. The van der Waals surface area contributed by atoms with Crippen LogP contribution in [0.2, 0.25) is 0 Å². The molecule has 178 valence electrons. The van der Waals surface area contributed by atoms with Crippen molar-refractivity contribution in [1.29, 1.82) is 0 Å². The molecule has 0 bridgehead atoms. The Kier molecular flexibility index (Phi) is 4.79. The van der Waals surface area contributed by atoms with E-state index in [0.717, 1.165) is 28.8 Å². The maximum atomic E-state index is 13.8. The van der Waals surface area contributed by atoms with Crippen molar-refractivity contribution < 1.29 is 18.0 Å². The zero-order chi connectivity index (χ0) is 24.4. The smallest absolute Gasteiger partial charge is 0.264 e. The summed E-state index contributed by atoms with van der Waals surface area (Å²) in [6.45, 7) is 0.369. The predicted octanol–water partition coefficient (Wildman–Crippen LogP) is 3.46. The number of benzene rings is 3. The summed E-state index contributed by atoms with van der Waals surface area (Å²) in [5.41, 5.74) is 10.2. The van der Waals surface area contributed by atoms with Crippen LogP contribution in [0.4, 0.5) is 11.4 Å². The van der Waals surface area contributed by atoms with Crippen LogP contribution in [0.3, 0.4) is 0 Å². The van der Waals surface area contributed by atoms with E-state index >= 15 is 0 Å². The van der Waals surface area contributed by atoms with Crippen molar-refractivity contribution in [1.82, 2.24) is 4.72 Å². The first-order valence-electron chi connectivity index (χ1n) is 11.7. The van der Waals surface area contributed by atoms with Crippen molar-refractivity contribution in [2.45, 2.75) is 42.4 Å². The number of hydrogen-bond donors (Lipinski definition) is 2. The van der Waals surface area contributed by atoms with Crippen LogP contribution in [0.25, 0.3) is 0 Å². The summed E-state index contributed by atoms with van der Waals surface area (Å²) in [4.78, 5) is 28.0. The number of carbonyl (C=O) groups is 2. The zero-order valence-electron chi connectivity index (χ0n) is 19.0. The summed E-state index contributed by atoms with van der Waals surface area (Å²) in [6.07, 6.45) is 1.94. The van der Waals surface area contributed by atoms with Gasteiger partial charge in [-0.2, -0.15) is 0 Å². The van der Waals surface area contributed by atoms with Crippen molar-refractivity contribution in [3.8, 4) is 0 Å².